The van der Waals surface area contributed by atoms with Crippen LogP contribution in [0.3, 0.4) is 0 Å². The van der Waals surface area contributed by atoms with Crippen LogP contribution in [0.2, 0.25) is 0 Å². The molecule has 0 saturated carbocycles. The maximum atomic E-state index is 12.1. The summed E-state index contributed by atoms with van der Waals surface area (Å²) in [6, 6.07) is 23.4. The molecule has 0 bridgehead atoms. The van der Waals surface area contributed by atoms with Gasteiger partial charge in [0.25, 0.3) is 0 Å². The van der Waals surface area contributed by atoms with Crippen molar-refractivity contribution in [2.24, 2.45) is 4.30 Å². The minimum atomic E-state index is -3.28. The van der Waals surface area contributed by atoms with Gasteiger partial charge in [0.05, 0.1) is 46.8 Å². The van der Waals surface area contributed by atoms with Gasteiger partial charge in [-0.1, -0.05) is 24.3 Å². The molecular formula is C38H40BBrN5O8S7. The van der Waals surface area contributed by atoms with Crippen molar-refractivity contribution in [3.63, 3.8) is 0 Å². The fraction of sp³-hybridized carbons (Fsp3) is 0.263. The molecule has 0 aliphatic carbocycles. The Morgan fingerprint density at radius 1 is 0.750 bits per heavy atom. The summed E-state index contributed by atoms with van der Waals surface area (Å²) >= 11 is 12.7. The topological polar surface area (TPSA) is 169 Å². The second-order valence-corrected chi connectivity index (χ2v) is 21.5. The Morgan fingerprint density at radius 2 is 1.20 bits per heavy atom. The van der Waals surface area contributed by atoms with Crippen LogP contribution < -0.4 is 0 Å². The number of hydrogen-bond donors (Lipinski definition) is 1. The monoisotopic (exact) mass is 1010 g/mol. The molecule has 0 N–H and O–H groups in total. The average Bonchev–Trinajstić information content (AvgIpc) is 4.00. The Hall–Kier alpha value is -3.51. The molecule has 0 atom stereocenters. The number of carbonyl (C=O) groups is 2. The molecule has 0 spiro atoms. The molecule has 4 aromatic heterocycles. The van der Waals surface area contributed by atoms with Crippen molar-refractivity contribution < 1.29 is 35.9 Å². The van der Waals surface area contributed by atoms with Gasteiger partial charge in [-0.05, 0) is 108 Å². The number of benzene rings is 2. The van der Waals surface area contributed by atoms with E-state index in [4.69, 9.17) is 9.47 Å². The SMILES string of the molecule is CSCOC(=O)Cn1nc(C)c(Br)c1-c1ccc(-c2cccc(S(C)(=O)=O)c2)s1.CSCOC(=O)Cn1nc(C)cc1-c1ccc(-c2cccc(S(C)(=O)=O)c2)s1.[B]=NS. The molecule has 0 saturated heterocycles. The van der Waals surface area contributed by atoms with Crippen molar-refractivity contribution in [2.75, 3.05) is 36.9 Å². The zero-order valence-electron chi connectivity index (χ0n) is 33.2. The molecule has 0 amide bonds. The van der Waals surface area contributed by atoms with E-state index < -0.39 is 19.7 Å². The normalized spacial score (nSPS) is 11.2. The third kappa shape index (κ3) is 13.8. The number of hydrogen-bond acceptors (Lipinski definition) is 16. The molecule has 6 rings (SSSR count). The average molecular weight is 1010 g/mol. The van der Waals surface area contributed by atoms with Crippen molar-refractivity contribution in [3.05, 3.63) is 94.7 Å². The van der Waals surface area contributed by atoms with Gasteiger partial charge < -0.3 is 9.47 Å². The molecule has 1 radical (unpaired) electrons. The van der Waals surface area contributed by atoms with Crippen molar-refractivity contribution in [1.29, 1.82) is 0 Å². The first-order chi connectivity index (χ1) is 28.4. The van der Waals surface area contributed by atoms with Gasteiger partial charge in [-0.2, -0.15) is 10.2 Å². The molecule has 0 fully saturated rings. The van der Waals surface area contributed by atoms with Gasteiger partial charge in [-0.25, -0.2) is 16.8 Å². The second-order valence-electron chi connectivity index (χ2n) is 12.6. The molecule has 60 heavy (non-hydrogen) atoms. The van der Waals surface area contributed by atoms with Gasteiger partial charge in [0.1, 0.15) is 25.0 Å². The van der Waals surface area contributed by atoms with E-state index in [1.807, 2.05) is 68.8 Å². The first-order valence-electron chi connectivity index (χ1n) is 17.3. The van der Waals surface area contributed by atoms with E-state index in [1.54, 1.807) is 45.8 Å². The number of esters is 2. The molecule has 0 aliphatic rings. The number of halogens is 1. The van der Waals surface area contributed by atoms with Gasteiger partial charge in [0, 0.05) is 22.3 Å². The number of carbonyl (C=O) groups excluding carboxylic acids is 2. The predicted octanol–water partition coefficient (Wildman–Crippen LogP) is 8.65. The zero-order chi connectivity index (χ0) is 44.2. The minimum absolute atomic E-state index is 0.0130. The molecule has 0 aliphatic heterocycles. The van der Waals surface area contributed by atoms with E-state index in [0.717, 1.165) is 57.9 Å². The fourth-order valence-corrected chi connectivity index (χ4v) is 9.91. The van der Waals surface area contributed by atoms with Crippen LogP contribution in [0.5, 0.6) is 0 Å². The fourth-order valence-electron chi connectivity index (χ4n) is 5.37. The molecule has 13 nitrogen and oxygen atoms in total. The van der Waals surface area contributed by atoms with Crippen LogP contribution in [0.25, 0.3) is 42.0 Å². The summed E-state index contributed by atoms with van der Waals surface area (Å²) in [6.45, 7) is 3.79. The number of sulfone groups is 2. The van der Waals surface area contributed by atoms with E-state index in [2.05, 4.69) is 50.9 Å². The number of thiol groups is 1. The van der Waals surface area contributed by atoms with E-state index in [1.165, 1.54) is 58.7 Å². The van der Waals surface area contributed by atoms with Crippen molar-refractivity contribution in [1.82, 2.24) is 19.6 Å². The summed E-state index contributed by atoms with van der Waals surface area (Å²) in [4.78, 5) is 28.3. The van der Waals surface area contributed by atoms with Crippen molar-refractivity contribution >= 4 is 114 Å². The van der Waals surface area contributed by atoms with Crippen LogP contribution >= 0.6 is 74.9 Å². The molecule has 0 unspecified atom stereocenters. The van der Waals surface area contributed by atoms with E-state index in [-0.39, 0.29) is 34.8 Å². The predicted molar refractivity (Wildman–Crippen MR) is 251 cm³/mol. The van der Waals surface area contributed by atoms with E-state index in [9.17, 15) is 26.4 Å². The number of aryl methyl sites for hydroxylation is 2. The summed E-state index contributed by atoms with van der Waals surface area (Å²) in [6.07, 6.45) is 6.12. The van der Waals surface area contributed by atoms with E-state index >= 15 is 0 Å². The molecule has 6 aromatic rings. The van der Waals surface area contributed by atoms with Gasteiger partial charge in [-0.3, -0.25) is 19.0 Å². The van der Waals surface area contributed by atoms with Crippen LogP contribution in [0, 0.1) is 13.8 Å². The number of thioether (sulfide) groups is 2. The Labute approximate surface area is 381 Å². The van der Waals surface area contributed by atoms with Crippen LogP contribution in [0.1, 0.15) is 11.4 Å². The van der Waals surface area contributed by atoms with Crippen LogP contribution in [-0.4, -0.2) is 92.9 Å². The number of nitrogens with zero attached hydrogens (tertiary/aromatic N) is 5. The number of rotatable bonds is 14. The second kappa shape index (κ2) is 22.5. The van der Waals surface area contributed by atoms with Crippen LogP contribution in [0.4, 0.5) is 0 Å². The van der Waals surface area contributed by atoms with Gasteiger partial charge in [-0.15, -0.1) is 46.2 Å². The third-order valence-electron chi connectivity index (χ3n) is 7.98. The summed E-state index contributed by atoms with van der Waals surface area (Å²) in [5.74, 6) is -0.0755. The van der Waals surface area contributed by atoms with Crippen molar-refractivity contribution in [2.45, 2.75) is 36.7 Å². The zero-order valence-corrected chi connectivity index (χ0v) is 40.6. The first-order valence-corrected chi connectivity index (χ1v) is 26.7. The van der Waals surface area contributed by atoms with Crippen LogP contribution in [0.15, 0.2) is 97.4 Å². The molecular weight excluding hydrogens is 970 g/mol. The van der Waals surface area contributed by atoms with Crippen molar-refractivity contribution in [3.8, 4) is 42.0 Å². The summed E-state index contributed by atoms with van der Waals surface area (Å²) in [7, 11) is -2.21. The van der Waals surface area contributed by atoms with Gasteiger partial charge in [0.15, 0.2) is 19.7 Å². The quantitative estimate of drug-likeness (QED) is 0.0478. The Morgan fingerprint density at radius 3 is 1.68 bits per heavy atom. The standard InChI is InChI=1S/C19H19BrN2O4S3.C19H20N2O4S3.BHNS/c1-12-18(20)19(22(21-12)10-17(23)26-11-27-2)16-8-7-15(28-16)13-5-4-6-14(9-13)29(3,24)25;1-13-9-16(21(20-13)11-19(22)25-12-26-2)18-8-7-17(27-18)14-5-4-6-15(10-14)28(3,23)24;1-2-3/h4-9H,10-11H2,1-3H3;4-10H,11-12H2,1-3H3;3H. The molecule has 317 valence electrons. The summed E-state index contributed by atoms with van der Waals surface area (Å²) in [5.41, 5.74) is 4.85. The summed E-state index contributed by atoms with van der Waals surface area (Å²) < 4.78 is 64.4. The Kier molecular flexibility index (Phi) is 18.5. The number of aromatic nitrogens is 4. The maximum absolute atomic E-state index is 12.1. The van der Waals surface area contributed by atoms with Gasteiger partial charge >= 0.3 is 36.7 Å². The number of thiophene rings is 2. The molecule has 2 aromatic carbocycles. The molecule has 22 heteroatoms. The third-order valence-corrected chi connectivity index (χ3v) is 14.2. The first kappa shape index (κ1) is 49.2. The Balaban J connectivity index is 0.000000249. The number of ether oxygens (including phenoxy) is 2. The van der Waals surface area contributed by atoms with Gasteiger partial charge in [0.2, 0.25) is 0 Å². The van der Waals surface area contributed by atoms with Crippen LogP contribution in [-0.2, 0) is 51.8 Å². The Bertz CT molecular complexity index is 2680. The summed E-state index contributed by atoms with van der Waals surface area (Å²) in [5, 5.41) is 8.85. The molecule has 4 heterocycles. The van der Waals surface area contributed by atoms with E-state index in [0.29, 0.717) is 11.9 Å².